The molecule has 3 N–H and O–H groups in total. The first-order valence-corrected chi connectivity index (χ1v) is 5.27. The van der Waals surface area contributed by atoms with Gasteiger partial charge in [-0.15, -0.1) is 0 Å². The number of hydrogen-bond donors (Lipinski definition) is 2. The maximum atomic E-state index is 10.8. The quantitative estimate of drug-likeness (QED) is 0.726. The van der Waals surface area contributed by atoms with E-state index >= 15 is 0 Å². The van der Waals surface area contributed by atoms with Gasteiger partial charge in [0.15, 0.2) is 0 Å². The number of aliphatic hydroxyl groups is 1. The predicted molar refractivity (Wildman–Crippen MR) is 48.4 cm³/mol. The summed E-state index contributed by atoms with van der Waals surface area (Å²) >= 11 is 0. The second kappa shape index (κ2) is 3.45. The maximum Gasteiger partial charge on any atom is 0.238 e. The summed E-state index contributed by atoms with van der Waals surface area (Å²) < 4.78 is 21.7. The monoisotopic (exact) mass is 201 g/mol. The third-order valence-electron chi connectivity index (χ3n) is 1.69. The molecule has 0 aliphatic carbocycles. The lowest BCUT2D eigenvalue weighted by Gasteiger charge is -2.04. The maximum absolute atomic E-state index is 10.8. The van der Waals surface area contributed by atoms with Gasteiger partial charge in [-0.3, -0.25) is 0 Å². The van der Waals surface area contributed by atoms with Crippen LogP contribution in [-0.4, -0.2) is 13.5 Å². The Morgan fingerprint density at radius 3 is 2.08 bits per heavy atom. The molecule has 0 aromatic heterocycles. The van der Waals surface area contributed by atoms with Gasteiger partial charge in [0, 0.05) is 0 Å². The summed E-state index contributed by atoms with van der Waals surface area (Å²) in [7, 11) is -3.63. The molecule has 0 amide bonds. The third kappa shape index (κ3) is 2.51. The topological polar surface area (TPSA) is 80.4 Å². The van der Waals surface area contributed by atoms with Gasteiger partial charge in [-0.25, -0.2) is 13.6 Å². The van der Waals surface area contributed by atoms with Crippen LogP contribution in [0.4, 0.5) is 0 Å². The van der Waals surface area contributed by atoms with Crippen molar-refractivity contribution in [3.63, 3.8) is 0 Å². The first-order chi connectivity index (χ1) is 5.91. The number of hydrogen-bond acceptors (Lipinski definition) is 3. The largest absolute Gasteiger partial charge is 0.389 e. The minimum absolute atomic E-state index is 0.0527. The average molecular weight is 201 g/mol. The molecule has 1 rings (SSSR count). The van der Waals surface area contributed by atoms with E-state index in [1.54, 1.807) is 6.92 Å². The minimum atomic E-state index is -3.63. The minimum Gasteiger partial charge on any atom is -0.389 e. The Morgan fingerprint density at radius 2 is 1.77 bits per heavy atom. The first kappa shape index (κ1) is 10.2. The second-order valence-electron chi connectivity index (χ2n) is 2.79. The summed E-state index contributed by atoms with van der Waals surface area (Å²) in [6, 6.07) is 5.81. The average Bonchev–Trinajstić information content (AvgIpc) is 2.03. The van der Waals surface area contributed by atoms with Crippen molar-refractivity contribution in [2.45, 2.75) is 17.9 Å². The second-order valence-corrected chi connectivity index (χ2v) is 4.35. The van der Waals surface area contributed by atoms with Crippen LogP contribution in [0, 0.1) is 0 Å². The highest BCUT2D eigenvalue weighted by Crippen LogP contribution is 2.14. The van der Waals surface area contributed by atoms with Crippen molar-refractivity contribution in [3.05, 3.63) is 29.8 Å². The summed E-state index contributed by atoms with van der Waals surface area (Å²) in [5.41, 5.74) is 0.660. The molecule has 1 aromatic rings. The summed E-state index contributed by atoms with van der Waals surface area (Å²) in [5, 5.41) is 14.0. The van der Waals surface area contributed by atoms with Crippen molar-refractivity contribution in [3.8, 4) is 0 Å². The predicted octanol–water partition coefficient (Wildman–Crippen LogP) is 0.387. The number of sulfonamides is 1. The van der Waals surface area contributed by atoms with Crippen molar-refractivity contribution in [1.82, 2.24) is 0 Å². The Bertz CT molecular complexity index is 380. The Morgan fingerprint density at radius 1 is 1.31 bits per heavy atom. The molecule has 0 radical (unpaired) electrons. The van der Waals surface area contributed by atoms with Crippen LogP contribution in [0.2, 0.25) is 0 Å². The highest BCUT2D eigenvalue weighted by molar-refractivity contribution is 7.89. The van der Waals surface area contributed by atoms with Crippen LogP contribution >= 0.6 is 0 Å². The van der Waals surface area contributed by atoms with Gasteiger partial charge in [-0.05, 0) is 24.6 Å². The van der Waals surface area contributed by atoms with Crippen LogP contribution in [0.15, 0.2) is 29.2 Å². The molecule has 4 nitrogen and oxygen atoms in total. The Kier molecular flexibility index (Phi) is 2.70. The van der Waals surface area contributed by atoms with E-state index in [4.69, 9.17) is 10.2 Å². The molecule has 0 fully saturated rings. The van der Waals surface area contributed by atoms with Gasteiger partial charge < -0.3 is 5.11 Å². The summed E-state index contributed by atoms with van der Waals surface area (Å²) in [5.74, 6) is 0. The molecule has 1 unspecified atom stereocenters. The SMILES string of the molecule is CC(O)c1ccc(S(N)(=O)=O)cc1. The molecule has 0 bridgehead atoms. The summed E-state index contributed by atoms with van der Waals surface area (Å²) in [4.78, 5) is 0.0527. The van der Waals surface area contributed by atoms with E-state index in [9.17, 15) is 8.42 Å². The van der Waals surface area contributed by atoms with E-state index in [1.165, 1.54) is 24.3 Å². The Labute approximate surface area is 77.1 Å². The molecule has 0 aliphatic rings. The zero-order chi connectivity index (χ0) is 10.1. The molecular formula is C8H11NO3S. The van der Waals surface area contributed by atoms with Crippen LogP contribution in [0.5, 0.6) is 0 Å². The standard InChI is InChI=1S/C8H11NO3S/c1-6(10)7-2-4-8(5-3-7)13(9,11)12/h2-6,10H,1H3,(H2,9,11,12). The molecule has 0 heterocycles. The fourth-order valence-corrected chi connectivity index (χ4v) is 1.45. The number of rotatable bonds is 2. The number of primary sulfonamides is 1. The van der Waals surface area contributed by atoms with Gasteiger partial charge in [0.05, 0.1) is 11.0 Å². The molecule has 5 heteroatoms. The van der Waals surface area contributed by atoms with Crippen molar-refractivity contribution in [2.75, 3.05) is 0 Å². The van der Waals surface area contributed by atoms with E-state index < -0.39 is 16.1 Å². The van der Waals surface area contributed by atoms with Crippen LogP contribution < -0.4 is 5.14 Å². The van der Waals surface area contributed by atoms with Gasteiger partial charge >= 0.3 is 0 Å². The molecule has 0 saturated carbocycles. The van der Waals surface area contributed by atoms with Crippen LogP contribution in [0.3, 0.4) is 0 Å². The number of nitrogens with two attached hydrogens (primary N) is 1. The molecular weight excluding hydrogens is 190 g/mol. The van der Waals surface area contributed by atoms with Crippen LogP contribution in [-0.2, 0) is 10.0 Å². The molecule has 0 saturated heterocycles. The highest BCUT2D eigenvalue weighted by atomic mass is 32.2. The van der Waals surface area contributed by atoms with Crippen molar-refractivity contribution in [1.29, 1.82) is 0 Å². The molecule has 13 heavy (non-hydrogen) atoms. The molecule has 1 aromatic carbocycles. The van der Waals surface area contributed by atoms with E-state index in [1.807, 2.05) is 0 Å². The fourth-order valence-electron chi connectivity index (χ4n) is 0.936. The van der Waals surface area contributed by atoms with E-state index in [-0.39, 0.29) is 4.90 Å². The Balaban J connectivity index is 3.08. The molecule has 0 aliphatic heterocycles. The number of aliphatic hydroxyl groups excluding tert-OH is 1. The number of benzene rings is 1. The van der Waals surface area contributed by atoms with E-state index in [0.717, 1.165) is 0 Å². The first-order valence-electron chi connectivity index (χ1n) is 3.72. The van der Waals surface area contributed by atoms with Gasteiger partial charge in [-0.1, -0.05) is 12.1 Å². The lowest BCUT2D eigenvalue weighted by molar-refractivity contribution is 0.199. The van der Waals surface area contributed by atoms with Gasteiger partial charge in [0.2, 0.25) is 10.0 Å². The molecule has 1 atom stereocenters. The summed E-state index contributed by atoms with van der Waals surface area (Å²) in [6.07, 6.45) is -0.602. The van der Waals surface area contributed by atoms with Crippen LogP contribution in [0.25, 0.3) is 0 Å². The zero-order valence-electron chi connectivity index (χ0n) is 7.14. The third-order valence-corrected chi connectivity index (χ3v) is 2.62. The van der Waals surface area contributed by atoms with E-state index in [2.05, 4.69) is 0 Å². The van der Waals surface area contributed by atoms with Crippen molar-refractivity contribution < 1.29 is 13.5 Å². The fraction of sp³-hybridized carbons (Fsp3) is 0.250. The van der Waals surface area contributed by atoms with Gasteiger partial charge in [-0.2, -0.15) is 0 Å². The normalized spacial score (nSPS) is 14.1. The van der Waals surface area contributed by atoms with Crippen LogP contribution in [0.1, 0.15) is 18.6 Å². The highest BCUT2D eigenvalue weighted by Gasteiger charge is 2.07. The smallest absolute Gasteiger partial charge is 0.238 e. The Hall–Kier alpha value is -0.910. The van der Waals surface area contributed by atoms with Crippen molar-refractivity contribution in [2.24, 2.45) is 5.14 Å². The lowest BCUT2D eigenvalue weighted by Crippen LogP contribution is -2.12. The molecule has 72 valence electrons. The van der Waals surface area contributed by atoms with Crippen molar-refractivity contribution >= 4 is 10.0 Å². The zero-order valence-corrected chi connectivity index (χ0v) is 7.95. The summed E-state index contributed by atoms with van der Waals surface area (Å²) in [6.45, 7) is 1.60. The van der Waals surface area contributed by atoms with Gasteiger partial charge in [0.25, 0.3) is 0 Å². The van der Waals surface area contributed by atoms with E-state index in [0.29, 0.717) is 5.56 Å². The van der Waals surface area contributed by atoms with Gasteiger partial charge in [0.1, 0.15) is 0 Å². The lowest BCUT2D eigenvalue weighted by atomic mass is 10.1. The molecule has 0 spiro atoms.